The summed E-state index contributed by atoms with van der Waals surface area (Å²) in [4.78, 5) is 0. The smallest absolute Gasteiger partial charge is 0.120 e. The SMILES string of the molecule is CNCC1(CCOc2cccc(Br)c2)CC1. The van der Waals surface area contributed by atoms with E-state index >= 15 is 0 Å². The van der Waals surface area contributed by atoms with Crippen molar-refractivity contribution in [2.75, 3.05) is 20.2 Å². The van der Waals surface area contributed by atoms with E-state index in [9.17, 15) is 0 Å². The first-order chi connectivity index (χ1) is 7.74. The molecule has 2 nitrogen and oxygen atoms in total. The lowest BCUT2D eigenvalue weighted by atomic mass is 10.0. The predicted octanol–water partition coefficient (Wildman–Crippen LogP) is 3.22. The van der Waals surface area contributed by atoms with E-state index in [-0.39, 0.29) is 0 Å². The lowest BCUT2D eigenvalue weighted by Crippen LogP contribution is -2.21. The van der Waals surface area contributed by atoms with Crippen LogP contribution < -0.4 is 10.1 Å². The lowest BCUT2D eigenvalue weighted by molar-refractivity contribution is 0.267. The van der Waals surface area contributed by atoms with Gasteiger partial charge in [0.1, 0.15) is 5.75 Å². The van der Waals surface area contributed by atoms with Crippen LogP contribution >= 0.6 is 15.9 Å². The van der Waals surface area contributed by atoms with Crippen LogP contribution in [-0.4, -0.2) is 20.2 Å². The van der Waals surface area contributed by atoms with E-state index in [4.69, 9.17) is 4.74 Å². The first kappa shape index (κ1) is 11.9. The van der Waals surface area contributed by atoms with E-state index < -0.39 is 0 Å². The zero-order chi connectivity index (χ0) is 11.4. The van der Waals surface area contributed by atoms with E-state index in [0.717, 1.165) is 29.8 Å². The van der Waals surface area contributed by atoms with Gasteiger partial charge in [0.25, 0.3) is 0 Å². The summed E-state index contributed by atoms with van der Waals surface area (Å²) in [7, 11) is 2.02. The Labute approximate surface area is 106 Å². The topological polar surface area (TPSA) is 21.3 Å². The second-order valence-corrected chi connectivity index (χ2v) is 5.50. The second-order valence-electron chi connectivity index (χ2n) is 4.59. The molecule has 1 aromatic rings. The average molecular weight is 284 g/mol. The van der Waals surface area contributed by atoms with Gasteiger partial charge >= 0.3 is 0 Å². The Morgan fingerprint density at radius 3 is 2.88 bits per heavy atom. The molecule has 1 N–H and O–H groups in total. The van der Waals surface area contributed by atoms with Crippen LogP contribution in [0, 0.1) is 5.41 Å². The molecule has 0 radical (unpaired) electrons. The van der Waals surface area contributed by atoms with Gasteiger partial charge in [0.05, 0.1) is 6.61 Å². The summed E-state index contributed by atoms with van der Waals surface area (Å²) >= 11 is 3.44. The zero-order valence-electron chi connectivity index (χ0n) is 9.63. The fourth-order valence-corrected chi connectivity index (χ4v) is 2.39. The molecule has 2 rings (SSSR count). The Morgan fingerprint density at radius 2 is 2.25 bits per heavy atom. The van der Waals surface area contributed by atoms with Gasteiger partial charge in [0.2, 0.25) is 0 Å². The molecule has 0 heterocycles. The highest BCUT2D eigenvalue weighted by Gasteiger charge is 2.41. The van der Waals surface area contributed by atoms with Crippen LogP contribution in [0.3, 0.4) is 0 Å². The summed E-state index contributed by atoms with van der Waals surface area (Å²) in [6, 6.07) is 8.02. The average Bonchev–Trinajstić information content (AvgIpc) is 2.99. The van der Waals surface area contributed by atoms with Crippen molar-refractivity contribution in [1.29, 1.82) is 0 Å². The van der Waals surface area contributed by atoms with Crippen LogP contribution in [0.5, 0.6) is 5.75 Å². The molecule has 0 saturated heterocycles. The quantitative estimate of drug-likeness (QED) is 0.866. The molecule has 1 aliphatic rings. The maximum absolute atomic E-state index is 5.75. The third-order valence-corrected chi connectivity index (χ3v) is 3.70. The molecule has 1 fully saturated rings. The highest BCUT2D eigenvalue weighted by molar-refractivity contribution is 9.10. The van der Waals surface area contributed by atoms with E-state index in [0.29, 0.717) is 5.41 Å². The van der Waals surface area contributed by atoms with Crippen molar-refractivity contribution in [1.82, 2.24) is 5.32 Å². The van der Waals surface area contributed by atoms with Gasteiger partial charge in [-0.15, -0.1) is 0 Å². The van der Waals surface area contributed by atoms with Crippen molar-refractivity contribution in [3.63, 3.8) is 0 Å². The Morgan fingerprint density at radius 1 is 1.44 bits per heavy atom. The molecule has 0 amide bonds. The number of nitrogens with one attached hydrogen (secondary N) is 1. The summed E-state index contributed by atoms with van der Waals surface area (Å²) in [6.07, 6.45) is 3.84. The van der Waals surface area contributed by atoms with E-state index in [1.165, 1.54) is 12.8 Å². The molecule has 3 heteroatoms. The number of ether oxygens (including phenoxy) is 1. The van der Waals surface area contributed by atoms with E-state index in [1.807, 2.05) is 31.3 Å². The summed E-state index contributed by atoms with van der Waals surface area (Å²) in [5.74, 6) is 0.953. The lowest BCUT2D eigenvalue weighted by Gasteiger charge is -2.14. The fraction of sp³-hybridized carbons (Fsp3) is 0.538. The molecular weight excluding hydrogens is 266 g/mol. The molecule has 0 aromatic heterocycles. The van der Waals surface area contributed by atoms with E-state index in [1.54, 1.807) is 0 Å². The number of benzene rings is 1. The summed E-state index contributed by atoms with van der Waals surface area (Å²) < 4.78 is 6.82. The van der Waals surface area contributed by atoms with Crippen molar-refractivity contribution in [3.8, 4) is 5.75 Å². The number of halogens is 1. The molecule has 16 heavy (non-hydrogen) atoms. The summed E-state index contributed by atoms with van der Waals surface area (Å²) in [5.41, 5.74) is 0.529. The minimum Gasteiger partial charge on any atom is -0.494 e. The Hall–Kier alpha value is -0.540. The third-order valence-electron chi connectivity index (χ3n) is 3.21. The van der Waals surface area contributed by atoms with Crippen molar-refractivity contribution < 1.29 is 4.74 Å². The predicted molar refractivity (Wildman–Crippen MR) is 69.8 cm³/mol. The van der Waals surface area contributed by atoms with Gasteiger partial charge < -0.3 is 10.1 Å². The van der Waals surface area contributed by atoms with Gasteiger partial charge in [-0.3, -0.25) is 0 Å². The molecule has 1 aliphatic carbocycles. The van der Waals surface area contributed by atoms with Crippen molar-refractivity contribution >= 4 is 15.9 Å². The summed E-state index contributed by atoms with van der Waals surface area (Å²) in [6.45, 7) is 1.94. The van der Waals surface area contributed by atoms with Gasteiger partial charge in [-0.25, -0.2) is 0 Å². The normalized spacial score (nSPS) is 17.1. The zero-order valence-corrected chi connectivity index (χ0v) is 11.2. The minimum atomic E-state index is 0.529. The highest BCUT2D eigenvalue weighted by atomic mass is 79.9. The molecule has 0 atom stereocenters. The number of hydrogen-bond donors (Lipinski definition) is 1. The van der Waals surface area contributed by atoms with Crippen LogP contribution in [0.1, 0.15) is 19.3 Å². The Balaban J connectivity index is 1.76. The highest BCUT2D eigenvalue weighted by Crippen LogP contribution is 2.48. The van der Waals surface area contributed by atoms with Crippen LogP contribution in [0.25, 0.3) is 0 Å². The number of hydrogen-bond acceptors (Lipinski definition) is 2. The van der Waals surface area contributed by atoms with Crippen molar-refractivity contribution in [2.24, 2.45) is 5.41 Å². The first-order valence-electron chi connectivity index (χ1n) is 5.77. The monoisotopic (exact) mass is 283 g/mol. The van der Waals surface area contributed by atoms with Gasteiger partial charge in [0, 0.05) is 11.0 Å². The largest absolute Gasteiger partial charge is 0.494 e. The number of rotatable bonds is 6. The second kappa shape index (κ2) is 5.19. The fourth-order valence-electron chi connectivity index (χ4n) is 2.01. The third kappa shape index (κ3) is 3.22. The maximum atomic E-state index is 5.75. The van der Waals surface area contributed by atoms with Gasteiger partial charge in [-0.1, -0.05) is 22.0 Å². The molecule has 1 saturated carbocycles. The maximum Gasteiger partial charge on any atom is 0.120 e. The molecule has 0 unspecified atom stereocenters. The van der Waals surface area contributed by atoms with Gasteiger partial charge in [-0.05, 0) is 49.9 Å². The van der Waals surface area contributed by atoms with Crippen LogP contribution in [-0.2, 0) is 0 Å². The molecule has 0 spiro atoms. The standard InChI is InChI=1S/C13H18BrNO/c1-15-10-13(5-6-13)7-8-16-12-4-2-3-11(14)9-12/h2-4,9,15H,5-8,10H2,1H3. The molecule has 1 aromatic carbocycles. The van der Waals surface area contributed by atoms with E-state index in [2.05, 4.69) is 21.2 Å². The van der Waals surface area contributed by atoms with Crippen LogP contribution in [0.15, 0.2) is 28.7 Å². The molecule has 88 valence electrons. The van der Waals surface area contributed by atoms with Crippen molar-refractivity contribution in [3.05, 3.63) is 28.7 Å². The van der Waals surface area contributed by atoms with Crippen LogP contribution in [0.4, 0.5) is 0 Å². The van der Waals surface area contributed by atoms with Gasteiger partial charge in [-0.2, -0.15) is 0 Å². The Bertz CT molecular complexity index is 350. The molecule has 0 aliphatic heterocycles. The first-order valence-corrected chi connectivity index (χ1v) is 6.56. The van der Waals surface area contributed by atoms with Gasteiger partial charge in [0.15, 0.2) is 0 Å². The van der Waals surface area contributed by atoms with Crippen LogP contribution in [0.2, 0.25) is 0 Å². The molecule has 0 bridgehead atoms. The summed E-state index contributed by atoms with van der Waals surface area (Å²) in [5, 5.41) is 3.27. The molecular formula is C13H18BrNO. The Kier molecular flexibility index (Phi) is 3.87. The minimum absolute atomic E-state index is 0.529. The van der Waals surface area contributed by atoms with Crippen molar-refractivity contribution in [2.45, 2.75) is 19.3 Å².